The lowest BCUT2D eigenvalue weighted by atomic mass is 10.0. The number of ether oxygens (including phenoxy) is 2. The van der Waals surface area contributed by atoms with Crippen LogP contribution in [0.1, 0.15) is 64.6 Å². The molecule has 0 spiro atoms. The third kappa shape index (κ3) is 9.99. The topological polar surface area (TPSA) is 132 Å². The normalized spacial score (nSPS) is 12.8. The molecule has 12 heteroatoms. The van der Waals surface area contributed by atoms with Crippen LogP contribution in [0.2, 0.25) is 5.02 Å². The predicted molar refractivity (Wildman–Crippen MR) is 147 cm³/mol. The Morgan fingerprint density at radius 2 is 1.82 bits per heavy atom. The van der Waals surface area contributed by atoms with Crippen molar-refractivity contribution in [3.05, 3.63) is 62.4 Å². The lowest BCUT2D eigenvalue weighted by molar-refractivity contribution is -0.385. The van der Waals surface area contributed by atoms with Gasteiger partial charge in [-0.05, 0) is 59.2 Å². The predicted octanol–water partition coefficient (Wildman–Crippen LogP) is 5.95. The third-order valence-corrected chi connectivity index (χ3v) is 5.84. The lowest BCUT2D eigenvalue weighted by Gasteiger charge is -2.24. The van der Waals surface area contributed by atoms with Gasteiger partial charge < -0.3 is 25.4 Å². The van der Waals surface area contributed by atoms with Crippen LogP contribution < -0.4 is 20.7 Å². The summed E-state index contributed by atoms with van der Waals surface area (Å²) < 4.78 is 26.4. The highest BCUT2D eigenvalue weighted by Crippen LogP contribution is 2.37. The van der Waals surface area contributed by atoms with E-state index < -0.39 is 28.5 Å². The van der Waals surface area contributed by atoms with Crippen molar-refractivity contribution in [2.75, 3.05) is 13.1 Å². The minimum Gasteiger partial charge on any atom is -0.453 e. The first-order valence-corrected chi connectivity index (χ1v) is 13.0. The molecule has 0 heterocycles. The molecular weight excluding hydrogens is 531 g/mol. The van der Waals surface area contributed by atoms with Crippen molar-refractivity contribution in [1.82, 2.24) is 16.0 Å². The lowest BCUT2D eigenvalue weighted by Crippen LogP contribution is -2.40. The summed E-state index contributed by atoms with van der Waals surface area (Å²) in [6.45, 7) is 11.0. The van der Waals surface area contributed by atoms with E-state index >= 15 is 4.39 Å². The second-order valence-electron chi connectivity index (χ2n) is 10.1. The quantitative estimate of drug-likeness (QED) is 0.164. The van der Waals surface area contributed by atoms with Crippen LogP contribution in [0.3, 0.4) is 0 Å². The van der Waals surface area contributed by atoms with E-state index in [4.69, 9.17) is 21.1 Å². The number of hydrogen-bond donors (Lipinski definition) is 3. The van der Waals surface area contributed by atoms with Crippen molar-refractivity contribution < 1.29 is 28.4 Å². The molecule has 3 N–H and O–H groups in total. The van der Waals surface area contributed by atoms with Gasteiger partial charge in [-0.3, -0.25) is 14.9 Å². The Labute approximate surface area is 232 Å². The minimum atomic E-state index is -0.664. The smallest absolute Gasteiger partial charge is 0.407 e. The third-order valence-electron chi connectivity index (χ3n) is 5.54. The van der Waals surface area contributed by atoms with Crippen LogP contribution in [0, 0.1) is 22.9 Å². The standard InChI is InChI=1S/C27H36ClFN4O6/c1-7-21(32-17(3)15-23(34)30-12-13-31-26(35)39-27(4,5)6)19-9-10-20(28)25(24(19)29)38-18-8-11-22(33(36)37)16(2)14-18/h8-11,14,17,21,32H,7,12-13,15H2,1-6H3,(H,30,34)(H,31,35)/t17-,21+/m0/s1. The first-order chi connectivity index (χ1) is 18.2. The van der Waals surface area contributed by atoms with Crippen molar-refractivity contribution in [1.29, 1.82) is 0 Å². The first kappa shape index (κ1) is 31.8. The summed E-state index contributed by atoms with van der Waals surface area (Å²) in [5.41, 5.74) is -0.00427. The Balaban J connectivity index is 1.99. The summed E-state index contributed by atoms with van der Waals surface area (Å²) in [6, 6.07) is 6.45. The largest absolute Gasteiger partial charge is 0.453 e. The zero-order valence-electron chi connectivity index (χ0n) is 23.0. The number of nitrogens with zero attached hydrogens (tertiary/aromatic N) is 1. The average Bonchev–Trinajstić information content (AvgIpc) is 2.82. The van der Waals surface area contributed by atoms with Gasteiger partial charge in [0.15, 0.2) is 11.6 Å². The molecule has 0 radical (unpaired) electrons. The van der Waals surface area contributed by atoms with E-state index in [0.29, 0.717) is 17.5 Å². The molecule has 2 rings (SSSR count). The maximum atomic E-state index is 15.6. The molecule has 2 atom stereocenters. The second-order valence-corrected chi connectivity index (χ2v) is 10.5. The van der Waals surface area contributed by atoms with E-state index in [9.17, 15) is 19.7 Å². The second kappa shape index (κ2) is 14.1. The summed E-state index contributed by atoms with van der Waals surface area (Å²) in [7, 11) is 0. The SMILES string of the molecule is CC[C@@H](N[C@@H](C)CC(=O)NCCNC(=O)OC(C)(C)C)c1ccc(Cl)c(Oc2ccc([N+](=O)[O-])c(C)c2)c1F. The molecule has 10 nitrogen and oxygen atoms in total. The summed E-state index contributed by atoms with van der Waals surface area (Å²) in [6.07, 6.45) is 0.0823. The molecule has 214 valence electrons. The zero-order valence-corrected chi connectivity index (χ0v) is 23.8. The molecule has 39 heavy (non-hydrogen) atoms. The molecule has 0 aliphatic heterocycles. The molecule has 2 aromatic rings. The number of halogens is 2. The Morgan fingerprint density at radius 3 is 2.41 bits per heavy atom. The van der Waals surface area contributed by atoms with Crippen LogP contribution in [-0.4, -0.2) is 41.7 Å². The molecule has 0 saturated heterocycles. The number of nitrogens with one attached hydrogen (secondary N) is 3. The van der Waals surface area contributed by atoms with Crippen molar-refractivity contribution in [3.8, 4) is 11.5 Å². The fourth-order valence-corrected chi connectivity index (χ4v) is 3.97. The Kier molecular flexibility index (Phi) is 11.5. The van der Waals surface area contributed by atoms with Crippen LogP contribution in [0.25, 0.3) is 0 Å². The van der Waals surface area contributed by atoms with Crippen LogP contribution in [-0.2, 0) is 9.53 Å². The highest BCUT2D eigenvalue weighted by molar-refractivity contribution is 6.32. The molecule has 0 aromatic heterocycles. The number of hydrogen-bond acceptors (Lipinski definition) is 7. The van der Waals surface area contributed by atoms with Crippen LogP contribution in [0.5, 0.6) is 11.5 Å². The highest BCUT2D eigenvalue weighted by atomic mass is 35.5. The van der Waals surface area contributed by atoms with Crippen molar-refractivity contribution >= 4 is 29.3 Å². The molecule has 0 fully saturated rings. The maximum Gasteiger partial charge on any atom is 0.407 e. The fourth-order valence-electron chi connectivity index (χ4n) is 3.79. The van der Waals surface area contributed by atoms with Gasteiger partial charge >= 0.3 is 6.09 Å². The number of carbonyl (C=O) groups is 2. The number of nitro groups is 1. The molecule has 0 unspecified atom stereocenters. The van der Waals surface area contributed by atoms with Gasteiger partial charge in [-0.15, -0.1) is 0 Å². The number of alkyl carbamates (subject to hydrolysis) is 1. The van der Waals surface area contributed by atoms with Crippen molar-refractivity contribution in [2.45, 2.75) is 72.1 Å². The molecule has 0 bridgehead atoms. The monoisotopic (exact) mass is 566 g/mol. The van der Waals surface area contributed by atoms with Crippen LogP contribution in [0.4, 0.5) is 14.9 Å². The first-order valence-electron chi connectivity index (χ1n) is 12.6. The van der Waals surface area contributed by atoms with Gasteiger partial charge in [-0.2, -0.15) is 0 Å². The van der Waals surface area contributed by atoms with Gasteiger partial charge in [0, 0.05) is 48.8 Å². The maximum absolute atomic E-state index is 15.6. The minimum absolute atomic E-state index is 0.0505. The van der Waals surface area contributed by atoms with Crippen LogP contribution in [0.15, 0.2) is 30.3 Å². The number of benzene rings is 2. The molecule has 0 aliphatic rings. The zero-order chi connectivity index (χ0) is 29.3. The Hall–Kier alpha value is -3.44. The summed E-state index contributed by atoms with van der Waals surface area (Å²) >= 11 is 6.23. The van der Waals surface area contributed by atoms with Gasteiger partial charge in [-0.25, -0.2) is 9.18 Å². The number of amides is 2. The van der Waals surface area contributed by atoms with Crippen LogP contribution >= 0.6 is 11.6 Å². The summed E-state index contributed by atoms with van der Waals surface area (Å²) in [5.74, 6) is -0.874. The van der Waals surface area contributed by atoms with E-state index in [1.54, 1.807) is 33.8 Å². The number of aryl methyl sites for hydroxylation is 1. The Morgan fingerprint density at radius 1 is 1.15 bits per heavy atom. The molecular formula is C27H36ClFN4O6. The molecule has 0 aliphatic carbocycles. The van der Waals surface area contributed by atoms with E-state index in [2.05, 4.69) is 16.0 Å². The molecule has 2 aromatic carbocycles. The fraction of sp³-hybridized carbons (Fsp3) is 0.481. The molecule has 2 amide bonds. The van der Waals surface area contributed by atoms with E-state index in [-0.39, 0.29) is 53.7 Å². The van der Waals surface area contributed by atoms with Gasteiger partial charge in [0.25, 0.3) is 5.69 Å². The highest BCUT2D eigenvalue weighted by Gasteiger charge is 2.23. The van der Waals surface area contributed by atoms with Gasteiger partial charge in [0.05, 0.1) is 9.95 Å². The summed E-state index contributed by atoms with van der Waals surface area (Å²) in [5, 5.41) is 19.7. The number of nitro benzene ring substituents is 1. The summed E-state index contributed by atoms with van der Waals surface area (Å²) in [4.78, 5) is 34.6. The number of rotatable bonds is 12. The van der Waals surface area contributed by atoms with Gasteiger partial charge in [0.1, 0.15) is 11.4 Å². The number of carbonyl (C=O) groups excluding carboxylic acids is 2. The van der Waals surface area contributed by atoms with E-state index in [1.807, 2.05) is 13.8 Å². The van der Waals surface area contributed by atoms with Gasteiger partial charge in [0.2, 0.25) is 5.91 Å². The van der Waals surface area contributed by atoms with Crippen molar-refractivity contribution in [2.24, 2.45) is 0 Å². The molecule has 0 saturated carbocycles. The Bertz CT molecular complexity index is 1190. The van der Waals surface area contributed by atoms with Gasteiger partial charge in [-0.1, -0.05) is 24.6 Å². The van der Waals surface area contributed by atoms with E-state index in [1.165, 1.54) is 24.3 Å². The van der Waals surface area contributed by atoms with Crippen molar-refractivity contribution in [3.63, 3.8) is 0 Å². The van der Waals surface area contributed by atoms with E-state index in [0.717, 1.165) is 0 Å². The average molecular weight is 567 g/mol.